The van der Waals surface area contributed by atoms with E-state index in [1.165, 1.54) is 28.3 Å². The minimum Gasteiger partial charge on any atom is -0.449 e. The summed E-state index contributed by atoms with van der Waals surface area (Å²) >= 11 is 0. The summed E-state index contributed by atoms with van der Waals surface area (Å²) in [6.07, 6.45) is 3.78. The van der Waals surface area contributed by atoms with Crippen molar-refractivity contribution >= 4 is 28.8 Å². The summed E-state index contributed by atoms with van der Waals surface area (Å²) in [5, 5.41) is 21.4. The summed E-state index contributed by atoms with van der Waals surface area (Å²) in [7, 11) is 0. The molecule has 8 heteroatoms. The summed E-state index contributed by atoms with van der Waals surface area (Å²) in [5.74, 6) is 0.0239. The molecule has 34 heavy (non-hydrogen) atoms. The standard InChI is InChI=1S/C26H22N4O4/c31-26(34-16-22-19-10-3-1-8-17(19)18-9-2-4-11-20(18)22)27-15-6-5-13-23-21-12-7-14-24(30(32)33)25(21)29-28-23/h1-5,7-14,22H,6,15-16H2,(H,27,31)(H,28,29). The Labute approximate surface area is 195 Å². The van der Waals surface area contributed by atoms with Crippen LogP contribution in [0.4, 0.5) is 10.5 Å². The number of para-hydroxylation sites is 1. The smallest absolute Gasteiger partial charge is 0.407 e. The van der Waals surface area contributed by atoms with Crippen LogP contribution in [0.3, 0.4) is 0 Å². The number of hydrogen-bond donors (Lipinski definition) is 2. The number of ether oxygens (including phenoxy) is 1. The van der Waals surface area contributed by atoms with Crippen molar-refractivity contribution in [2.24, 2.45) is 0 Å². The average molecular weight is 454 g/mol. The first-order valence-corrected chi connectivity index (χ1v) is 11.0. The Morgan fingerprint density at radius 2 is 1.76 bits per heavy atom. The quantitative estimate of drug-likeness (QED) is 0.220. The number of nitro benzene ring substituents is 1. The zero-order valence-electron chi connectivity index (χ0n) is 18.2. The second-order valence-corrected chi connectivity index (χ2v) is 8.01. The van der Waals surface area contributed by atoms with Gasteiger partial charge >= 0.3 is 6.09 Å². The molecule has 1 aliphatic carbocycles. The monoisotopic (exact) mass is 454 g/mol. The van der Waals surface area contributed by atoms with E-state index in [-0.39, 0.29) is 18.2 Å². The summed E-state index contributed by atoms with van der Waals surface area (Å²) in [4.78, 5) is 22.9. The molecule has 4 aromatic rings. The van der Waals surface area contributed by atoms with Crippen LogP contribution in [0.2, 0.25) is 0 Å². The SMILES string of the molecule is O=C(NCCC=Cc1[nH]nc2c([N+](=O)[O-])cccc12)OCC1c2ccccc2-c2ccccc21. The van der Waals surface area contributed by atoms with Gasteiger partial charge in [-0.25, -0.2) is 4.79 Å². The van der Waals surface area contributed by atoms with Crippen LogP contribution in [-0.2, 0) is 4.74 Å². The number of fused-ring (bicyclic) bond motifs is 4. The summed E-state index contributed by atoms with van der Waals surface area (Å²) in [5.41, 5.74) is 5.69. The Kier molecular flexibility index (Phi) is 5.78. The van der Waals surface area contributed by atoms with Crippen LogP contribution < -0.4 is 5.32 Å². The van der Waals surface area contributed by atoms with Crippen molar-refractivity contribution in [1.82, 2.24) is 15.5 Å². The lowest BCUT2D eigenvalue weighted by atomic mass is 9.98. The highest BCUT2D eigenvalue weighted by atomic mass is 16.6. The van der Waals surface area contributed by atoms with Gasteiger partial charge in [0.15, 0.2) is 5.52 Å². The highest BCUT2D eigenvalue weighted by molar-refractivity contribution is 5.92. The third-order valence-electron chi connectivity index (χ3n) is 6.00. The number of non-ortho nitro benzene ring substituents is 1. The second kappa shape index (κ2) is 9.19. The van der Waals surface area contributed by atoms with Crippen molar-refractivity contribution in [2.45, 2.75) is 12.3 Å². The lowest BCUT2D eigenvalue weighted by molar-refractivity contribution is -0.383. The number of H-pyrrole nitrogens is 1. The third kappa shape index (κ3) is 4.01. The largest absolute Gasteiger partial charge is 0.449 e. The van der Waals surface area contributed by atoms with E-state index in [0.717, 1.165) is 0 Å². The van der Waals surface area contributed by atoms with Crippen molar-refractivity contribution in [3.05, 3.63) is 99.7 Å². The Morgan fingerprint density at radius 3 is 2.47 bits per heavy atom. The molecule has 0 unspecified atom stereocenters. The molecule has 0 bridgehead atoms. The molecule has 1 heterocycles. The number of carbonyl (C=O) groups is 1. The fourth-order valence-electron chi connectivity index (χ4n) is 4.43. The van der Waals surface area contributed by atoms with E-state index in [4.69, 9.17) is 4.74 Å². The number of nitro groups is 1. The van der Waals surface area contributed by atoms with Gasteiger partial charge in [0.05, 0.1) is 10.6 Å². The molecule has 1 aliphatic rings. The summed E-state index contributed by atoms with van der Waals surface area (Å²) in [6.45, 7) is 0.675. The number of nitrogens with one attached hydrogen (secondary N) is 2. The number of alkyl carbamates (subject to hydrolysis) is 1. The van der Waals surface area contributed by atoms with Crippen molar-refractivity contribution in [3.8, 4) is 11.1 Å². The van der Waals surface area contributed by atoms with E-state index in [9.17, 15) is 14.9 Å². The fraction of sp³-hybridized carbons (Fsp3) is 0.154. The number of benzene rings is 3. The van der Waals surface area contributed by atoms with Gasteiger partial charge in [0.2, 0.25) is 0 Å². The predicted molar refractivity (Wildman–Crippen MR) is 129 cm³/mol. The van der Waals surface area contributed by atoms with Crippen LogP contribution in [0.25, 0.3) is 28.1 Å². The molecule has 1 aromatic heterocycles. The normalized spacial score (nSPS) is 12.6. The highest BCUT2D eigenvalue weighted by Gasteiger charge is 2.28. The highest BCUT2D eigenvalue weighted by Crippen LogP contribution is 2.44. The van der Waals surface area contributed by atoms with E-state index in [1.807, 2.05) is 30.3 Å². The van der Waals surface area contributed by atoms with Gasteiger partial charge in [-0.3, -0.25) is 15.2 Å². The molecule has 8 nitrogen and oxygen atoms in total. The maximum absolute atomic E-state index is 12.3. The van der Waals surface area contributed by atoms with Gasteiger partial charge in [-0.1, -0.05) is 66.7 Å². The molecular formula is C26H22N4O4. The van der Waals surface area contributed by atoms with Gasteiger partial charge in [0.25, 0.3) is 5.69 Å². The summed E-state index contributed by atoms with van der Waals surface area (Å²) in [6, 6.07) is 21.2. The first kappa shape index (κ1) is 21.4. The van der Waals surface area contributed by atoms with Gasteiger partial charge in [-0.2, -0.15) is 5.10 Å². The number of aromatic amines is 1. The zero-order valence-corrected chi connectivity index (χ0v) is 18.2. The first-order chi connectivity index (χ1) is 16.6. The zero-order chi connectivity index (χ0) is 23.5. The molecule has 3 aromatic carbocycles. The molecule has 0 spiro atoms. The van der Waals surface area contributed by atoms with Crippen molar-refractivity contribution in [2.75, 3.05) is 13.2 Å². The Bertz CT molecular complexity index is 1360. The molecule has 0 radical (unpaired) electrons. The van der Waals surface area contributed by atoms with Crippen LogP contribution in [0.15, 0.2) is 72.8 Å². The Morgan fingerprint density at radius 1 is 1.06 bits per heavy atom. The van der Waals surface area contributed by atoms with E-state index in [1.54, 1.807) is 18.2 Å². The first-order valence-electron chi connectivity index (χ1n) is 11.0. The van der Waals surface area contributed by atoms with Crippen LogP contribution in [-0.4, -0.2) is 34.4 Å². The van der Waals surface area contributed by atoms with E-state index in [0.29, 0.717) is 29.6 Å². The van der Waals surface area contributed by atoms with Crippen LogP contribution in [0.1, 0.15) is 29.2 Å². The maximum atomic E-state index is 12.3. The van der Waals surface area contributed by atoms with Gasteiger partial charge in [-0.15, -0.1) is 0 Å². The fourth-order valence-corrected chi connectivity index (χ4v) is 4.43. The molecule has 170 valence electrons. The molecule has 2 N–H and O–H groups in total. The molecule has 1 amide bonds. The third-order valence-corrected chi connectivity index (χ3v) is 6.00. The lowest BCUT2D eigenvalue weighted by Gasteiger charge is -2.14. The Hall–Kier alpha value is -4.46. The molecular weight excluding hydrogens is 432 g/mol. The number of nitrogens with zero attached hydrogens (tertiary/aromatic N) is 2. The van der Waals surface area contributed by atoms with E-state index < -0.39 is 11.0 Å². The minimum absolute atomic E-state index is 0.0239. The second-order valence-electron chi connectivity index (χ2n) is 8.01. The minimum atomic E-state index is -0.460. The molecule has 0 atom stereocenters. The Balaban J connectivity index is 1.14. The van der Waals surface area contributed by atoms with Crippen LogP contribution in [0.5, 0.6) is 0 Å². The molecule has 0 fully saturated rings. The van der Waals surface area contributed by atoms with Crippen molar-refractivity contribution in [1.29, 1.82) is 0 Å². The van der Waals surface area contributed by atoms with Crippen LogP contribution in [0, 0.1) is 10.1 Å². The molecule has 0 aliphatic heterocycles. The van der Waals surface area contributed by atoms with Crippen LogP contribution >= 0.6 is 0 Å². The van der Waals surface area contributed by atoms with E-state index in [2.05, 4.69) is 39.8 Å². The van der Waals surface area contributed by atoms with Gasteiger partial charge in [0, 0.05) is 23.9 Å². The maximum Gasteiger partial charge on any atom is 0.407 e. The number of carbonyl (C=O) groups excluding carboxylic acids is 1. The van der Waals surface area contributed by atoms with Gasteiger partial charge < -0.3 is 10.1 Å². The number of hydrogen-bond acceptors (Lipinski definition) is 5. The van der Waals surface area contributed by atoms with Gasteiger partial charge in [0.1, 0.15) is 6.61 Å². The molecule has 5 rings (SSSR count). The number of rotatable bonds is 7. The number of amides is 1. The average Bonchev–Trinajstić information content (AvgIpc) is 3.41. The van der Waals surface area contributed by atoms with Crippen molar-refractivity contribution in [3.63, 3.8) is 0 Å². The van der Waals surface area contributed by atoms with Crippen molar-refractivity contribution < 1.29 is 14.5 Å². The van der Waals surface area contributed by atoms with Gasteiger partial charge in [-0.05, 0) is 34.8 Å². The van der Waals surface area contributed by atoms with E-state index >= 15 is 0 Å². The lowest BCUT2D eigenvalue weighted by Crippen LogP contribution is -2.26. The summed E-state index contributed by atoms with van der Waals surface area (Å²) < 4.78 is 5.53. The topological polar surface area (TPSA) is 110 Å². The number of aromatic nitrogens is 2. The predicted octanol–water partition coefficient (Wildman–Crippen LogP) is 5.41. The molecule has 0 saturated heterocycles. The molecule has 0 saturated carbocycles.